The van der Waals surface area contributed by atoms with Crippen LogP contribution in [0.2, 0.25) is 0 Å². The first-order chi connectivity index (χ1) is 10.3. The Morgan fingerprint density at radius 3 is 2.23 bits per heavy atom. The summed E-state index contributed by atoms with van der Waals surface area (Å²) in [5, 5.41) is 12.2. The molecule has 0 bridgehead atoms. The molecule has 0 radical (unpaired) electrons. The van der Waals surface area contributed by atoms with Crippen LogP contribution in [-0.2, 0) is 19.9 Å². The monoisotopic (exact) mass is 307 g/mol. The molecular formula is C15H17NO6. The van der Waals surface area contributed by atoms with Crippen molar-refractivity contribution in [3.05, 3.63) is 35.4 Å². The molecule has 1 aromatic rings. The summed E-state index contributed by atoms with van der Waals surface area (Å²) >= 11 is 0. The summed E-state index contributed by atoms with van der Waals surface area (Å²) in [6.07, 6.45) is 0. The van der Waals surface area contributed by atoms with Crippen molar-refractivity contribution in [1.29, 1.82) is 0 Å². The fraction of sp³-hybridized carbons (Fsp3) is 0.333. The van der Waals surface area contributed by atoms with Crippen LogP contribution >= 0.6 is 0 Å². The van der Waals surface area contributed by atoms with Gasteiger partial charge in [-0.15, -0.1) is 0 Å². The molecule has 1 atom stereocenters. The van der Waals surface area contributed by atoms with Crippen LogP contribution in [0, 0.1) is 0 Å². The highest BCUT2D eigenvalue weighted by atomic mass is 16.5. The molecule has 1 unspecified atom stereocenters. The molecule has 1 aliphatic rings. The number of amides is 1. The van der Waals surface area contributed by atoms with Gasteiger partial charge in [0.2, 0.25) is 17.5 Å². The SMILES string of the molecule is COc1cc(OC)cc(C2(C)OC(NC(C)=O)=C(O)C2=O)c1. The molecule has 1 amide bonds. The minimum Gasteiger partial charge on any atom is -0.501 e. The minimum atomic E-state index is -1.48. The van der Waals surface area contributed by atoms with Gasteiger partial charge < -0.3 is 19.3 Å². The number of carbonyl (C=O) groups is 2. The zero-order valence-electron chi connectivity index (χ0n) is 12.7. The third-order valence-corrected chi connectivity index (χ3v) is 3.36. The molecule has 1 heterocycles. The van der Waals surface area contributed by atoms with Crippen molar-refractivity contribution in [2.75, 3.05) is 14.2 Å². The van der Waals surface area contributed by atoms with E-state index in [9.17, 15) is 14.7 Å². The summed E-state index contributed by atoms with van der Waals surface area (Å²) < 4.78 is 15.8. The largest absolute Gasteiger partial charge is 0.501 e. The number of Topliss-reactive ketones (excluding diaryl/α,β-unsaturated/α-hetero) is 1. The van der Waals surface area contributed by atoms with E-state index in [1.54, 1.807) is 18.2 Å². The summed E-state index contributed by atoms with van der Waals surface area (Å²) in [5.41, 5.74) is -1.05. The third kappa shape index (κ3) is 2.57. The fourth-order valence-corrected chi connectivity index (χ4v) is 2.15. The molecular weight excluding hydrogens is 290 g/mol. The molecule has 0 fully saturated rings. The zero-order chi connectivity index (χ0) is 16.5. The normalized spacial score (nSPS) is 20.6. The Hall–Kier alpha value is -2.70. The number of hydrogen-bond donors (Lipinski definition) is 2. The van der Waals surface area contributed by atoms with Gasteiger partial charge in [0.05, 0.1) is 14.2 Å². The maximum absolute atomic E-state index is 12.4. The number of carbonyl (C=O) groups excluding carboxylic acids is 2. The van der Waals surface area contributed by atoms with E-state index < -0.39 is 23.1 Å². The molecule has 0 aromatic heterocycles. The number of methoxy groups -OCH3 is 2. The van der Waals surface area contributed by atoms with E-state index in [4.69, 9.17) is 14.2 Å². The van der Waals surface area contributed by atoms with Gasteiger partial charge in [-0.3, -0.25) is 14.9 Å². The van der Waals surface area contributed by atoms with Crippen LogP contribution in [0.4, 0.5) is 0 Å². The average molecular weight is 307 g/mol. The van der Waals surface area contributed by atoms with Crippen molar-refractivity contribution in [2.45, 2.75) is 19.4 Å². The van der Waals surface area contributed by atoms with Crippen LogP contribution in [0.3, 0.4) is 0 Å². The molecule has 0 aliphatic carbocycles. The van der Waals surface area contributed by atoms with Crippen molar-refractivity contribution in [3.63, 3.8) is 0 Å². The first kappa shape index (κ1) is 15.7. The van der Waals surface area contributed by atoms with Gasteiger partial charge in [0, 0.05) is 18.6 Å². The maximum atomic E-state index is 12.4. The minimum absolute atomic E-state index is 0.262. The second kappa shape index (κ2) is 5.59. The molecule has 0 saturated heterocycles. The first-order valence-corrected chi connectivity index (χ1v) is 6.50. The Morgan fingerprint density at radius 1 is 1.23 bits per heavy atom. The van der Waals surface area contributed by atoms with Gasteiger partial charge in [-0.1, -0.05) is 0 Å². The third-order valence-electron chi connectivity index (χ3n) is 3.36. The second-order valence-electron chi connectivity index (χ2n) is 4.92. The highest BCUT2D eigenvalue weighted by molar-refractivity contribution is 6.03. The van der Waals surface area contributed by atoms with E-state index in [1.165, 1.54) is 28.1 Å². The molecule has 2 N–H and O–H groups in total. The number of aliphatic hydroxyl groups is 1. The standard InChI is InChI=1S/C15H17NO6/c1-8(17)16-14-12(18)13(19)15(2,22-14)9-5-10(20-3)7-11(6-9)21-4/h5-7,18H,1-4H3,(H,16,17). The van der Waals surface area contributed by atoms with Crippen molar-refractivity contribution in [2.24, 2.45) is 0 Å². The van der Waals surface area contributed by atoms with Crippen molar-refractivity contribution in [1.82, 2.24) is 5.32 Å². The lowest BCUT2D eigenvalue weighted by molar-refractivity contribution is -0.132. The van der Waals surface area contributed by atoms with E-state index in [2.05, 4.69) is 5.32 Å². The lowest BCUT2D eigenvalue weighted by Crippen LogP contribution is -2.32. The van der Waals surface area contributed by atoms with Gasteiger partial charge in [0.1, 0.15) is 11.5 Å². The van der Waals surface area contributed by atoms with Gasteiger partial charge in [0.25, 0.3) is 5.78 Å². The van der Waals surface area contributed by atoms with Crippen molar-refractivity contribution >= 4 is 11.7 Å². The fourth-order valence-electron chi connectivity index (χ4n) is 2.15. The van der Waals surface area contributed by atoms with Gasteiger partial charge in [-0.25, -0.2) is 0 Å². The van der Waals surface area contributed by atoms with Crippen LogP contribution in [0.15, 0.2) is 29.8 Å². The zero-order valence-corrected chi connectivity index (χ0v) is 12.7. The number of benzene rings is 1. The average Bonchev–Trinajstić information content (AvgIpc) is 2.71. The van der Waals surface area contributed by atoms with E-state index in [0.29, 0.717) is 17.1 Å². The maximum Gasteiger partial charge on any atom is 0.250 e. The lowest BCUT2D eigenvalue weighted by atomic mass is 9.91. The second-order valence-corrected chi connectivity index (χ2v) is 4.92. The molecule has 0 spiro atoms. The van der Waals surface area contributed by atoms with Crippen LogP contribution in [-0.4, -0.2) is 31.0 Å². The highest BCUT2D eigenvalue weighted by Crippen LogP contribution is 2.39. The Balaban J connectivity index is 2.45. The molecule has 7 heteroatoms. The molecule has 2 rings (SSSR count). The Morgan fingerprint density at radius 2 is 1.77 bits per heavy atom. The predicted molar refractivity (Wildman–Crippen MR) is 76.5 cm³/mol. The molecule has 118 valence electrons. The van der Waals surface area contributed by atoms with E-state index in [-0.39, 0.29) is 5.88 Å². The number of hydrogen-bond acceptors (Lipinski definition) is 6. The number of rotatable bonds is 4. The van der Waals surface area contributed by atoms with Crippen LogP contribution < -0.4 is 14.8 Å². The number of aliphatic hydroxyl groups excluding tert-OH is 1. The quantitative estimate of drug-likeness (QED) is 0.873. The van der Waals surface area contributed by atoms with Crippen molar-refractivity contribution in [3.8, 4) is 11.5 Å². The van der Waals surface area contributed by atoms with E-state index in [0.717, 1.165) is 0 Å². The summed E-state index contributed by atoms with van der Waals surface area (Å²) in [7, 11) is 2.97. The molecule has 22 heavy (non-hydrogen) atoms. The van der Waals surface area contributed by atoms with E-state index in [1.807, 2.05) is 0 Å². The van der Waals surface area contributed by atoms with Crippen molar-refractivity contribution < 1.29 is 28.9 Å². The Bertz CT molecular complexity index is 644. The molecule has 0 saturated carbocycles. The van der Waals surface area contributed by atoms with Crippen LogP contribution in [0.5, 0.6) is 11.5 Å². The Kier molecular flexibility index (Phi) is 3.99. The van der Waals surface area contributed by atoms with Gasteiger partial charge >= 0.3 is 0 Å². The summed E-state index contributed by atoms with van der Waals surface area (Å²) in [4.78, 5) is 23.5. The number of ether oxygens (including phenoxy) is 3. The molecule has 1 aliphatic heterocycles. The Labute approximate surface area is 127 Å². The topological polar surface area (TPSA) is 94.1 Å². The summed E-state index contributed by atoms with van der Waals surface area (Å²) in [6, 6.07) is 4.85. The number of nitrogens with one attached hydrogen (secondary N) is 1. The van der Waals surface area contributed by atoms with Crippen LogP contribution in [0.1, 0.15) is 19.4 Å². The van der Waals surface area contributed by atoms with Gasteiger partial charge in [0.15, 0.2) is 5.60 Å². The summed E-state index contributed by atoms with van der Waals surface area (Å²) in [6.45, 7) is 2.74. The highest BCUT2D eigenvalue weighted by Gasteiger charge is 2.48. The predicted octanol–water partition coefficient (Wildman–Crippen LogP) is 1.38. The van der Waals surface area contributed by atoms with Gasteiger partial charge in [-0.05, 0) is 19.1 Å². The van der Waals surface area contributed by atoms with Gasteiger partial charge in [-0.2, -0.15) is 0 Å². The first-order valence-electron chi connectivity index (χ1n) is 6.50. The molecule has 7 nitrogen and oxygen atoms in total. The van der Waals surface area contributed by atoms with E-state index >= 15 is 0 Å². The number of ketones is 1. The lowest BCUT2D eigenvalue weighted by Gasteiger charge is -2.24. The summed E-state index contributed by atoms with van der Waals surface area (Å²) in [5.74, 6) is -1.06. The smallest absolute Gasteiger partial charge is 0.250 e. The molecule has 1 aromatic carbocycles. The van der Waals surface area contributed by atoms with Crippen LogP contribution in [0.25, 0.3) is 0 Å².